The van der Waals surface area contributed by atoms with E-state index in [2.05, 4.69) is 53.2 Å². The van der Waals surface area contributed by atoms with E-state index in [-0.39, 0.29) is 0 Å². The lowest BCUT2D eigenvalue weighted by Gasteiger charge is -2.13. The zero-order chi connectivity index (χ0) is 12.1. The molecule has 0 saturated carbocycles. The summed E-state index contributed by atoms with van der Waals surface area (Å²) in [4.78, 5) is 0.488. The maximum atomic E-state index is 5.83. The Labute approximate surface area is 113 Å². The molecule has 1 aliphatic rings. The Morgan fingerprint density at radius 1 is 1.29 bits per heavy atom. The van der Waals surface area contributed by atoms with Crippen LogP contribution in [0.5, 0.6) is 0 Å². The molecule has 17 heavy (non-hydrogen) atoms. The predicted octanol–water partition coefficient (Wildman–Crippen LogP) is 4.86. The minimum Gasteiger partial charge on any atom is -0.375 e. The summed E-state index contributed by atoms with van der Waals surface area (Å²) < 4.78 is 5.83. The van der Waals surface area contributed by atoms with Crippen molar-refractivity contribution >= 4 is 15.9 Å². The first-order valence-corrected chi connectivity index (χ1v) is 7.52. The van der Waals surface area contributed by atoms with E-state index in [0.717, 1.165) is 0 Å². The summed E-state index contributed by atoms with van der Waals surface area (Å²) in [6, 6.07) is 10.6. The highest BCUT2D eigenvalue weighted by Gasteiger charge is 2.21. The largest absolute Gasteiger partial charge is 0.375 e. The monoisotopic (exact) mass is 296 g/mol. The molecule has 0 aliphatic carbocycles. The lowest BCUT2D eigenvalue weighted by atomic mass is 10.0. The Hall–Kier alpha value is -0.340. The Morgan fingerprint density at radius 2 is 2.06 bits per heavy atom. The summed E-state index contributed by atoms with van der Waals surface area (Å²) in [5, 5.41) is 0. The summed E-state index contributed by atoms with van der Waals surface area (Å²) in [6.45, 7) is 2.18. The van der Waals surface area contributed by atoms with Crippen LogP contribution in [0.4, 0.5) is 0 Å². The number of alkyl halides is 1. The van der Waals surface area contributed by atoms with Crippen molar-refractivity contribution in [1.29, 1.82) is 0 Å². The molecule has 1 aromatic carbocycles. The van der Waals surface area contributed by atoms with Crippen molar-refractivity contribution in [3.05, 3.63) is 35.9 Å². The molecule has 1 saturated heterocycles. The zero-order valence-electron chi connectivity index (χ0n) is 10.4. The normalized spacial score (nSPS) is 26.0. The van der Waals surface area contributed by atoms with Gasteiger partial charge in [-0.25, -0.2) is 0 Å². The van der Waals surface area contributed by atoms with Crippen LogP contribution < -0.4 is 0 Å². The third-order valence-corrected chi connectivity index (χ3v) is 4.45. The predicted molar refractivity (Wildman–Crippen MR) is 75.5 cm³/mol. The van der Waals surface area contributed by atoms with E-state index in [0.29, 0.717) is 17.0 Å². The van der Waals surface area contributed by atoms with Crippen molar-refractivity contribution < 1.29 is 4.74 Å². The van der Waals surface area contributed by atoms with Crippen LogP contribution in [0.15, 0.2) is 30.3 Å². The van der Waals surface area contributed by atoms with Crippen molar-refractivity contribution in [3.8, 4) is 0 Å². The summed E-state index contributed by atoms with van der Waals surface area (Å²) in [5.41, 5.74) is 1.38. The standard InChI is InChI=1S/C15H21BrO/c1-12-10-11-14(17-12)8-5-9-15(16)13-6-3-2-4-7-13/h2-4,6-7,12,14-15H,5,8-11H2,1H3. The second-order valence-electron chi connectivity index (χ2n) is 4.96. The number of ether oxygens (including phenoxy) is 1. The molecule has 1 aromatic rings. The first-order valence-electron chi connectivity index (χ1n) is 6.60. The highest BCUT2D eigenvalue weighted by molar-refractivity contribution is 9.09. The molecule has 3 unspecified atom stereocenters. The van der Waals surface area contributed by atoms with E-state index in [1.165, 1.54) is 37.7 Å². The Balaban J connectivity index is 1.68. The maximum absolute atomic E-state index is 5.83. The highest BCUT2D eigenvalue weighted by Crippen LogP contribution is 2.30. The number of benzene rings is 1. The third-order valence-electron chi connectivity index (χ3n) is 3.46. The molecule has 2 heteroatoms. The maximum Gasteiger partial charge on any atom is 0.0579 e. The molecule has 1 fully saturated rings. The van der Waals surface area contributed by atoms with Crippen molar-refractivity contribution in [2.75, 3.05) is 0 Å². The van der Waals surface area contributed by atoms with Crippen molar-refractivity contribution in [2.45, 2.75) is 56.1 Å². The molecular weight excluding hydrogens is 276 g/mol. The quantitative estimate of drug-likeness (QED) is 0.705. The second kappa shape index (κ2) is 6.55. The average Bonchev–Trinajstić information content (AvgIpc) is 2.76. The Morgan fingerprint density at radius 3 is 2.71 bits per heavy atom. The fraction of sp³-hybridized carbons (Fsp3) is 0.600. The molecular formula is C15H21BrO. The molecule has 2 rings (SSSR count). The number of rotatable bonds is 5. The van der Waals surface area contributed by atoms with E-state index in [1.807, 2.05) is 0 Å². The topological polar surface area (TPSA) is 9.23 Å². The van der Waals surface area contributed by atoms with Gasteiger partial charge in [-0.2, -0.15) is 0 Å². The van der Waals surface area contributed by atoms with Gasteiger partial charge >= 0.3 is 0 Å². The van der Waals surface area contributed by atoms with E-state index < -0.39 is 0 Å². The molecule has 0 aromatic heterocycles. The van der Waals surface area contributed by atoms with Crippen LogP contribution in [0.2, 0.25) is 0 Å². The van der Waals surface area contributed by atoms with Gasteiger partial charge in [-0.05, 0) is 44.6 Å². The average molecular weight is 297 g/mol. The summed E-state index contributed by atoms with van der Waals surface area (Å²) in [6.07, 6.45) is 7.12. The van der Waals surface area contributed by atoms with Crippen LogP contribution in [-0.2, 0) is 4.74 Å². The van der Waals surface area contributed by atoms with Gasteiger partial charge in [-0.15, -0.1) is 0 Å². The SMILES string of the molecule is CC1CCC(CCCC(Br)c2ccccc2)O1. The van der Waals surface area contributed by atoms with Crippen molar-refractivity contribution in [2.24, 2.45) is 0 Å². The van der Waals surface area contributed by atoms with E-state index in [9.17, 15) is 0 Å². The van der Waals surface area contributed by atoms with Gasteiger partial charge < -0.3 is 4.74 Å². The minimum atomic E-state index is 0.480. The van der Waals surface area contributed by atoms with E-state index in [1.54, 1.807) is 0 Å². The van der Waals surface area contributed by atoms with Crippen molar-refractivity contribution in [1.82, 2.24) is 0 Å². The van der Waals surface area contributed by atoms with Gasteiger partial charge in [0, 0.05) is 4.83 Å². The molecule has 1 aliphatic heterocycles. The first-order chi connectivity index (χ1) is 8.25. The highest BCUT2D eigenvalue weighted by atomic mass is 79.9. The van der Waals surface area contributed by atoms with Crippen molar-refractivity contribution in [3.63, 3.8) is 0 Å². The Bertz CT molecular complexity index is 325. The molecule has 3 atom stereocenters. The minimum absolute atomic E-state index is 0.480. The third kappa shape index (κ3) is 4.11. The smallest absolute Gasteiger partial charge is 0.0579 e. The molecule has 94 valence electrons. The number of hydrogen-bond donors (Lipinski definition) is 0. The summed E-state index contributed by atoms with van der Waals surface area (Å²) in [5.74, 6) is 0. The second-order valence-corrected chi connectivity index (χ2v) is 6.06. The van der Waals surface area contributed by atoms with Crippen LogP contribution in [-0.4, -0.2) is 12.2 Å². The molecule has 1 nitrogen and oxygen atoms in total. The van der Waals surface area contributed by atoms with Gasteiger partial charge in [0.2, 0.25) is 0 Å². The van der Waals surface area contributed by atoms with Crippen LogP contribution in [0, 0.1) is 0 Å². The zero-order valence-corrected chi connectivity index (χ0v) is 12.0. The molecule has 0 spiro atoms. The number of halogens is 1. The van der Waals surface area contributed by atoms with Gasteiger partial charge in [0.25, 0.3) is 0 Å². The van der Waals surface area contributed by atoms with Gasteiger partial charge in [-0.1, -0.05) is 46.3 Å². The number of hydrogen-bond acceptors (Lipinski definition) is 1. The molecule has 1 heterocycles. The lowest BCUT2D eigenvalue weighted by Crippen LogP contribution is -2.08. The van der Waals surface area contributed by atoms with E-state index >= 15 is 0 Å². The Kier molecular flexibility index (Phi) is 5.05. The lowest BCUT2D eigenvalue weighted by molar-refractivity contribution is 0.0495. The molecule has 0 radical (unpaired) electrons. The first kappa shape index (κ1) is 13.1. The molecule has 0 amide bonds. The molecule has 0 bridgehead atoms. The van der Waals surface area contributed by atoms with Crippen LogP contribution in [0.3, 0.4) is 0 Å². The van der Waals surface area contributed by atoms with Gasteiger partial charge in [-0.3, -0.25) is 0 Å². The van der Waals surface area contributed by atoms with Crippen LogP contribution >= 0.6 is 15.9 Å². The van der Waals surface area contributed by atoms with Crippen LogP contribution in [0.25, 0.3) is 0 Å². The van der Waals surface area contributed by atoms with Gasteiger partial charge in [0.05, 0.1) is 12.2 Å². The summed E-state index contributed by atoms with van der Waals surface area (Å²) >= 11 is 3.77. The fourth-order valence-electron chi connectivity index (χ4n) is 2.45. The van der Waals surface area contributed by atoms with Gasteiger partial charge in [0.15, 0.2) is 0 Å². The fourth-order valence-corrected chi connectivity index (χ4v) is 3.08. The summed E-state index contributed by atoms with van der Waals surface area (Å²) in [7, 11) is 0. The molecule has 0 N–H and O–H groups in total. The van der Waals surface area contributed by atoms with E-state index in [4.69, 9.17) is 4.74 Å². The van der Waals surface area contributed by atoms with Crippen LogP contribution in [0.1, 0.15) is 49.4 Å². The van der Waals surface area contributed by atoms with Gasteiger partial charge in [0.1, 0.15) is 0 Å².